The van der Waals surface area contributed by atoms with E-state index in [4.69, 9.17) is 28.4 Å². The van der Waals surface area contributed by atoms with Gasteiger partial charge in [-0.05, 0) is 44.9 Å². The van der Waals surface area contributed by atoms with Crippen LogP contribution in [0.3, 0.4) is 0 Å². The molecule has 0 aromatic carbocycles. The predicted molar refractivity (Wildman–Crippen MR) is 252 cm³/mol. The van der Waals surface area contributed by atoms with Crippen LogP contribution in [0.25, 0.3) is 0 Å². The topological polar surface area (TPSA) is 231 Å². The zero-order chi connectivity index (χ0) is 48.2. The van der Waals surface area contributed by atoms with Crippen molar-refractivity contribution in [2.45, 2.75) is 248 Å². The Bertz CT molecular complexity index is 1290. The van der Waals surface area contributed by atoms with Crippen molar-refractivity contribution in [3.63, 3.8) is 0 Å². The van der Waals surface area contributed by atoms with E-state index in [1.54, 1.807) is 0 Å². The van der Waals surface area contributed by atoms with E-state index in [9.17, 15) is 45.3 Å². The summed E-state index contributed by atoms with van der Waals surface area (Å²) in [6.45, 7) is 2.45. The number of esters is 2. The Morgan fingerprint density at radius 3 is 1.50 bits per heavy atom. The van der Waals surface area contributed by atoms with Gasteiger partial charge < -0.3 is 64.2 Å². The smallest absolute Gasteiger partial charge is 0.306 e. The summed E-state index contributed by atoms with van der Waals surface area (Å²) in [6, 6.07) is 0. The molecule has 66 heavy (non-hydrogen) atoms. The lowest BCUT2D eigenvalue weighted by Gasteiger charge is -2.42. The molecule has 0 radical (unpaired) electrons. The molecule has 7 N–H and O–H groups in total. The molecule has 2 fully saturated rings. The predicted octanol–water partition coefficient (Wildman–Crippen LogP) is 6.93. The van der Waals surface area contributed by atoms with Crippen LogP contribution < -0.4 is 0 Å². The molecule has 11 atom stereocenters. The quantitative estimate of drug-likeness (QED) is 0.0188. The van der Waals surface area contributed by atoms with Crippen molar-refractivity contribution in [3.8, 4) is 0 Å². The average Bonchev–Trinajstić information content (AvgIpc) is 3.31. The Balaban J connectivity index is 1.81. The standard InChI is InChI=1S/C51H90O15/c1-3-5-7-9-11-13-15-17-18-19-20-22-23-25-27-29-31-33-42(53)61-36-39(64-43(54)34-32-30-28-26-24-21-16-14-12-10-8-6-4-2)37-62-50-49(60)47(58)45(56)41(66-50)38-63-51-48(59)46(57)44(55)40(35-52)65-51/h6,8,12,14,21,24,39-41,44-52,55-60H,3-5,7,9-11,13,15-20,22-23,25-38H2,1-2H3/b8-6-,14-12-,24-21-. The molecule has 0 aromatic rings. The number of unbranched alkanes of at least 4 members (excludes halogenated alkanes) is 19. The number of hydrogen-bond donors (Lipinski definition) is 7. The minimum Gasteiger partial charge on any atom is -0.462 e. The molecule has 0 bridgehead atoms. The van der Waals surface area contributed by atoms with Gasteiger partial charge in [-0.1, -0.05) is 159 Å². The summed E-state index contributed by atoms with van der Waals surface area (Å²) in [5, 5.41) is 72.0. The summed E-state index contributed by atoms with van der Waals surface area (Å²) in [7, 11) is 0. The van der Waals surface area contributed by atoms with Crippen molar-refractivity contribution in [2.24, 2.45) is 0 Å². The SMILES string of the molecule is CC/C=C\C/C=C\C/C=C\CCCCCC(=O)OC(COC(=O)CCCCCCCCCCCCCCCCCCC)COC1OC(COC2OC(CO)C(O)C(O)C2O)C(O)C(O)C1O. The monoisotopic (exact) mass is 943 g/mol. The third-order valence-corrected chi connectivity index (χ3v) is 12.1. The maximum absolute atomic E-state index is 13.0. The molecule has 2 rings (SSSR count). The number of ether oxygens (including phenoxy) is 6. The number of rotatable bonds is 39. The van der Waals surface area contributed by atoms with Crippen molar-refractivity contribution in [2.75, 3.05) is 26.4 Å². The second-order valence-electron chi connectivity index (χ2n) is 18.0. The number of carbonyl (C=O) groups is 2. The Kier molecular flexibility index (Phi) is 35.0. The fourth-order valence-electron chi connectivity index (χ4n) is 7.94. The van der Waals surface area contributed by atoms with Crippen molar-refractivity contribution >= 4 is 11.9 Å². The maximum Gasteiger partial charge on any atom is 0.306 e. The third-order valence-electron chi connectivity index (χ3n) is 12.1. The van der Waals surface area contributed by atoms with Crippen LogP contribution in [-0.4, -0.2) is 142 Å². The zero-order valence-electron chi connectivity index (χ0n) is 40.4. The minimum absolute atomic E-state index is 0.131. The highest BCUT2D eigenvalue weighted by Crippen LogP contribution is 2.26. The molecular weight excluding hydrogens is 853 g/mol. The molecule has 0 aliphatic carbocycles. The van der Waals surface area contributed by atoms with Gasteiger partial charge in [0.1, 0.15) is 55.4 Å². The number of aliphatic hydroxyl groups excluding tert-OH is 7. The summed E-state index contributed by atoms with van der Waals surface area (Å²) < 4.78 is 33.5. The summed E-state index contributed by atoms with van der Waals surface area (Å²) >= 11 is 0. The van der Waals surface area contributed by atoms with Crippen LogP contribution in [0, 0.1) is 0 Å². The second-order valence-corrected chi connectivity index (χ2v) is 18.0. The Morgan fingerprint density at radius 2 is 0.955 bits per heavy atom. The van der Waals surface area contributed by atoms with Crippen LogP contribution in [0.1, 0.15) is 181 Å². The van der Waals surface area contributed by atoms with E-state index in [-0.39, 0.29) is 19.4 Å². The molecule has 0 spiro atoms. The second kappa shape index (κ2) is 38.6. The highest BCUT2D eigenvalue weighted by atomic mass is 16.7. The molecule has 2 heterocycles. The van der Waals surface area contributed by atoms with Crippen LogP contribution in [0.15, 0.2) is 36.5 Å². The number of allylic oxidation sites excluding steroid dienone is 6. The number of aliphatic hydroxyl groups is 7. The fourth-order valence-corrected chi connectivity index (χ4v) is 7.94. The van der Waals surface area contributed by atoms with Crippen molar-refractivity contribution in [3.05, 3.63) is 36.5 Å². The van der Waals surface area contributed by atoms with Gasteiger partial charge in [0, 0.05) is 12.8 Å². The first-order valence-corrected chi connectivity index (χ1v) is 25.6. The van der Waals surface area contributed by atoms with E-state index in [1.807, 2.05) is 0 Å². The van der Waals surface area contributed by atoms with Crippen molar-refractivity contribution in [1.82, 2.24) is 0 Å². The normalized spacial score (nSPS) is 26.4. The average molecular weight is 943 g/mol. The molecular formula is C51H90O15. The Morgan fingerprint density at radius 1 is 0.500 bits per heavy atom. The van der Waals surface area contributed by atoms with Crippen LogP contribution in [-0.2, 0) is 38.0 Å². The molecule has 15 heteroatoms. The van der Waals surface area contributed by atoms with E-state index in [1.165, 1.54) is 83.5 Å². The van der Waals surface area contributed by atoms with Gasteiger partial charge in [-0.3, -0.25) is 9.59 Å². The third kappa shape index (κ3) is 26.5. The van der Waals surface area contributed by atoms with E-state index in [2.05, 4.69) is 50.3 Å². The molecule has 15 nitrogen and oxygen atoms in total. The highest BCUT2D eigenvalue weighted by molar-refractivity contribution is 5.70. The maximum atomic E-state index is 13.0. The summed E-state index contributed by atoms with van der Waals surface area (Å²) in [4.78, 5) is 25.7. The summed E-state index contributed by atoms with van der Waals surface area (Å²) in [5.74, 6) is -0.955. The molecule has 2 aliphatic rings. The van der Waals surface area contributed by atoms with Gasteiger partial charge in [0.05, 0.1) is 19.8 Å². The summed E-state index contributed by atoms with van der Waals surface area (Å²) in [6.07, 6.45) is 23.2. The van der Waals surface area contributed by atoms with Gasteiger partial charge >= 0.3 is 11.9 Å². The van der Waals surface area contributed by atoms with E-state index < -0.39 is 99.3 Å². The molecule has 11 unspecified atom stereocenters. The zero-order valence-corrected chi connectivity index (χ0v) is 40.4. The van der Waals surface area contributed by atoms with Crippen LogP contribution in [0.5, 0.6) is 0 Å². The van der Waals surface area contributed by atoms with E-state index in [0.29, 0.717) is 12.8 Å². The van der Waals surface area contributed by atoms with E-state index in [0.717, 1.165) is 57.8 Å². The van der Waals surface area contributed by atoms with Gasteiger partial charge in [-0.25, -0.2) is 0 Å². The Labute approximate surface area is 395 Å². The van der Waals surface area contributed by atoms with Gasteiger partial charge in [0.25, 0.3) is 0 Å². The molecule has 2 aliphatic heterocycles. The first-order chi connectivity index (χ1) is 32.0. The van der Waals surface area contributed by atoms with Crippen molar-refractivity contribution < 1.29 is 73.8 Å². The Hall–Kier alpha value is -2.28. The van der Waals surface area contributed by atoms with Gasteiger partial charge in [-0.15, -0.1) is 0 Å². The molecule has 2 saturated heterocycles. The molecule has 0 amide bonds. The lowest BCUT2D eigenvalue weighted by Crippen LogP contribution is -2.61. The van der Waals surface area contributed by atoms with E-state index >= 15 is 0 Å². The molecule has 0 aromatic heterocycles. The number of hydrogen-bond acceptors (Lipinski definition) is 15. The van der Waals surface area contributed by atoms with Crippen LogP contribution in [0.4, 0.5) is 0 Å². The van der Waals surface area contributed by atoms with Gasteiger partial charge in [0.2, 0.25) is 0 Å². The molecule has 0 saturated carbocycles. The highest BCUT2D eigenvalue weighted by Gasteiger charge is 2.47. The molecule has 384 valence electrons. The van der Waals surface area contributed by atoms with Crippen molar-refractivity contribution in [1.29, 1.82) is 0 Å². The summed E-state index contributed by atoms with van der Waals surface area (Å²) in [5.41, 5.74) is 0. The largest absolute Gasteiger partial charge is 0.462 e. The lowest BCUT2D eigenvalue weighted by molar-refractivity contribution is -0.332. The first kappa shape index (κ1) is 59.8. The first-order valence-electron chi connectivity index (χ1n) is 25.6. The van der Waals surface area contributed by atoms with Gasteiger partial charge in [0.15, 0.2) is 18.7 Å². The fraction of sp³-hybridized carbons (Fsp3) is 0.843. The minimum atomic E-state index is -1.77. The van der Waals surface area contributed by atoms with Crippen LogP contribution >= 0.6 is 0 Å². The van der Waals surface area contributed by atoms with Gasteiger partial charge in [-0.2, -0.15) is 0 Å². The van der Waals surface area contributed by atoms with Crippen LogP contribution in [0.2, 0.25) is 0 Å². The number of carbonyl (C=O) groups excluding carboxylic acids is 2. The lowest BCUT2D eigenvalue weighted by atomic mass is 9.98.